The highest BCUT2D eigenvalue weighted by Gasteiger charge is 2.18. The van der Waals surface area contributed by atoms with Gasteiger partial charge in [-0.1, -0.05) is 30.3 Å². The molecule has 1 aromatic carbocycles. The zero-order chi connectivity index (χ0) is 15.5. The van der Waals surface area contributed by atoms with E-state index in [4.69, 9.17) is 10.00 Å². The number of ether oxygens (including phenoxy) is 1. The number of amides is 1. The molecule has 0 fully saturated rings. The number of nitrogens with zero attached hydrogens (tertiary/aromatic N) is 2. The summed E-state index contributed by atoms with van der Waals surface area (Å²) in [4.78, 5) is 25.2. The molecule has 1 amide bonds. The predicted octanol–water partition coefficient (Wildman–Crippen LogP) is 1.84. The van der Waals surface area contributed by atoms with E-state index < -0.39 is 5.97 Å². The Balaban J connectivity index is 2.67. The lowest BCUT2D eigenvalue weighted by atomic mass is 10.2. The van der Waals surface area contributed by atoms with Crippen LogP contribution in [0.5, 0.6) is 0 Å². The molecule has 0 heterocycles. The number of esters is 1. The van der Waals surface area contributed by atoms with Gasteiger partial charge in [0.25, 0.3) is 0 Å². The van der Waals surface area contributed by atoms with E-state index in [-0.39, 0.29) is 30.6 Å². The highest BCUT2D eigenvalue weighted by molar-refractivity contribution is 8.00. The van der Waals surface area contributed by atoms with E-state index in [9.17, 15) is 9.59 Å². The molecular formula is C15H18N2O3S. The van der Waals surface area contributed by atoms with Crippen LogP contribution in [0.3, 0.4) is 0 Å². The van der Waals surface area contributed by atoms with Gasteiger partial charge in [0.15, 0.2) is 0 Å². The number of carbonyl (C=O) groups excluding carboxylic acids is 2. The van der Waals surface area contributed by atoms with Crippen molar-refractivity contribution in [3.63, 3.8) is 0 Å². The van der Waals surface area contributed by atoms with Gasteiger partial charge in [-0.3, -0.25) is 9.59 Å². The highest BCUT2D eigenvalue weighted by Crippen LogP contribution is 2.08. The molecule has 5 nitrogen and oxygen atoms in total. The smallest absolute Gasteiger partial charge is 0.325 e. The first-order valence-electron chi connectivity index (χ1n) is 6.59. The van der Waals surface area contributed by atoms with E-state index in [1.165, 1.54) is 16.7 Å². The quantitative estimate of drug-likeness (QED) is 0.541. The van der Waals surface area contributed by atoms with Crippen molar-refractivity contribution in [3.8, 4) is 6.07 Å². The summed E-state index contributed by atoms with van der Waals surface area (Å²) in [5, 5.41) is 8.50. The third kappa shape index (κ3) is 6.82. The molecule has 112 valence electrons. The van der Waals surface area contributed by atoms with Crippen LogP contribution in [0.25, 0.3) is 0 Å². The Bertz CT molecular complexity index is 499. The molecule has 0 N–H and O–H groups in total. The third-order valence-corrected chi connectivity index (χ3v) is 3.37. The summed E-state index contributed by atoms with van der Waals surface area (Å²) in [6.07, 6.45) is 0. The maximum absolute atomic E-state index is 12.2. The van der Waals surface area contributed by atoms with Gasteiger partial charge in [-0.05, 0) is 12.5 Å². The van der Waals surface area contributed by atoms with Crippen LogP contribution in [0.4, 0.5) is 0 Å². The lowest BCUT2D eigenvalue weighted by Gasteiger charge is -2.21. The van der Waals surface area contributed by atoms with Crippen molar-refractivity contribution in [2.24, 2.45) is 0 Å². The summed E-state index contributed by atoms with van der Waals surface area (Å²) in [6, 6.07) is 11.4. The van der Waals surface area contributed by atoms with Crippen molar-refractivity contribution in [3.05, 3.63) is 35.9 Å². The summed E-state index contributed by atoms with van der Waals surface area (Å²) in [6.45, 7) is 2.29. The number of carbonyl (C=O) groups is 2. The molecule has 0 saturated carbocycles. The molecule has 21 heavy (non-hydrogen) atoms. The molecule has 0 aromatic heterocycles. The topological polar surface area (TPSA) is 70.4 Å². The molecular weight excluding hydrogens is 288 g/mol. The molecule has 0 spiro atoms. The second-order valence-corrected chi connectivity index (χ2v) is 5.18. The monoisotopic (exact) mass is 306 g/mol. The molecule has 6 heteroatoms. The minimum Gasteiger partial charge on any atom is -0.465 e. The van der Waals surface area contributed by atoms with E-state index in [0.717, 1.165) is 5.56 Å². The first-order chi connectivity index (χ1) is 10.2. The number of nitriles is 1. The van der Waals surface area contributed by atoms with Crippen LogP contribution < -0.4 is 0 Å². The standard InChI is InChI=1S/C15H18N2O3S/c1-2-20-15(19)11-17(14(18)12-21-9-8-16)10-13-6-4-3-5-7-13/h3-7H,2,9-12H2,1H3. The van der Waals surface area contributed by atoms with E-state index in [1.807, 2.05) is 36.4 Å². The first kappa shape index (κ1) is 17.1. The van der Waals surface area contributed by atoms with Gasteiger partial charge < -0.3 is 9.64 Å². The molecule has 0 aliphatic heterocycles. The van der Waals surface area contributed by atoms with Gasteiger partial charge in [-0.2, -0.15) is 5.26 Å². The maximum atomic E-state index is 12.2. The normalized spacial score (nSPS) is 9.71. The van der Waals surface area contributed by atoms with Crippen LogP contribution in [0, 0.1) is 11.3 Å². The molecule has 0 unspecified atom stereocenters. The SMILES string of the molecule is CCOC(=O)CN(Cc1ccccc1)C(=O)CSCC#N. The summed E-state index contributed by atoms with van der Waals surface area (Å²) in [7, 11) is 0. The lowest BCUT2D eigenvalue weighted by Crippen LogP contribution is -2.37. The number of thioether (sulfide) groups is 1. The minimum absolute atomic E-state index is 0.0747. The van der Waals surface area contributed by atoms with Crippen LogP contribution in [0.2, 0.25) is 0 Å². The van der Waals surface area contributed by atoms with Gasteiger partial charge in [-0.15, -0.1) is 11.8 Å². The third-order valence-electron chi connectivity index (χ3n) is 2.59. The Labute approximate surface area is 128 Å². The second-order valence-electron chi connectivity index (χ2n) is 4.19. The van der Waals surface area contributed by atoms with Crippen molar-refractivity contribution in [1.29, 1.82) is 5.26 Å². The molecule has 1 rings (SSSR count). The highest BCUT2D eigenvalue weighted by atomic mass is 32.2. The van der Waals surface area contributed by atoms with Crippen molar-refractivity contribution in [2.75, 3.05) is 24.7 Å². The fourth-order valence-corrected chi connectivity index (χ4v) is 2.22. The Morgan fingerprint density at radius 1 is 1.33 bits per heavy atom. The number of hydrogen-bond acceptors (Lipinski definition) is 5. The van der Waals surface area contributed by atoms with Crippen LogP contribution in [0.1, 0.15) is 12.5 Å². The van der Waals surface area contributed by atoms with Crippen LogP contribution >= 0.6 is 11.8 Å². The fourth-order valence-electron chi connectivity index (χ4n) is 1.67. The summed E-state index contributed by atoms with van der Waals surface area (Å²) < 4.78 is 4.89. The zero-order valence-corrected chi connectivity index (χ0v) is 12.8. The van der Waals surface area contributed by atoms with Crippen molar-refractivity contribution < 1.29 is 14.3 Å². The van der Waals surface area contributed by atoms with Crippen molar-refractivity contribution >= 4 is 23.6 Å². The van der Waals surface area contributed by atoms with E-state index in [1.54, 1.807) is 6.92 Å². The average Bonchev–Trinajstić information content (AvgIpc) is 2.48. The minimum atomic E-state index is -0.424. The number of hydrogen-bond donors (Lipinski definition) is 0. The van der Waals surface area contributed by atoms with E-state index >= 15 is 0 Å². The summed E-state index contributed by atoms with van der Waals surface area (Å²) in [5.74, 6) is -0.163. The van der Waals surface area contributed by atoms with Crippen molar-refractivity contribution in [2.45, 2.75) is 13.5 Å². The largest absolute Gasteiger partial charge is 0.465 e. The summed E-state index contributed by atoms with van der Waals surface area (Å²) >= 11 is 1.24. The van der Waals surface area contributed by atoms with Gasteiger partial charge in [0, 0.05) is 6.54 Å². The van der Waals surface area contributed by atoms with E-state index in [0.29, 0.717) is 6.54 Å². The molecule has 1 aromatic rings. The van der Waals surface area contributed by atoms with Gasteiger partial charge in [0.2, 0.25) is 5.91 Å². The second kappa shape index (κ2) is 9.83. The lowest BCUT2D eigenvalue weighted by molar-refractivity contribution is -0.148. The number of rotatable bonds is 8. The maximum Gasteiger partial charge on any atom is 0.325 e. The number of benzene rings is 1. The molecule has 0 bridgehead atoms. The fraction of sp³-hybridized carbons (Fsp3) is 0.400. The van der Waals surface area contributed by atoms with Gasteiger partial charge in [-0.25, -0.2) is 0 Å². The first-order valence-corrected chi connectivity index (χ1v) is 7.74. The Morgan fingerprint density at radius 3 is 2.67 bits per heavy atom. The van der Waals surface area contributed by atoms with Crippen LogP contribution in [-0.2, 0) is 20.9 Å². The Morgan fingerprint density at radius 2 is 2.05 bits per heavy atom. The average molecular weight is 306 g/mol. The molecule has 0 aliphatic carbocycles. The van der Waals surface area contributed by atoms with Crippen molar-refractivity contribution in [1.82, 2.24) is 4.90 Å². The van der Waals surface area contributed by atoms with Gasteiger partial charge in [0.1, 0.15) is 6.54 Å². The molecule has 0 atom stereocenters. The van der Waals surface area contributed by atoms with Gasteiger partial charge in [0.05, 0.1) is 24.2 Å². The van der Waals surface area contributed by atoms with Crippen LogP contribution in [-0.4, -0.2) is 41.4 Å². The predicted molar refractivity (Wildman–Crippen MR) is 81.4 cm³/mol. The zero-order valence-electron chi connectivity index (χ0n) is 11.9. The molecule has 0 saturated heterocycles. The Kier molecular flexibility index (Phi) is 7.99. The summed E-state index contributed by atoms with van der Waals surface area (Å²) in [5.41, 5.74) is 0.945. The van der Waals surface area contributed by atoms with Crippen LogP contribution in [0.15, 0.2) is 30.3 Å². The molecule has 0 aliphatic rings. The molecule has 0 radical (unpaired) electrons. The van der Waals surface area contributed by atoms with Gasteiger partial charge >= 0.3 is 5.97 Å². The van der Waals surface area contributed by atoms with E-state index in [2.05, 4.69) is 0 Å². The Hall–Kier alpha value is -2.00.